The number of hydrogen-bond acceptors (Lipinski definition) is 3. The minimum absolute atomic E-state index is 0.272. The first-order valence-electron chi connectivity index (χ1n) is 6.76. The zero-order chi connectivity index (χ0) is 15.6. The maximum atomic E-state index is 12.2. The predicted octanol–water partition coefficient (Wildman–Crippen LogP) is 2.43. The van der Waals surface area contributed by atoms with Gasteiger partial charge in [0.05, 0.1) is 5.54 Å². The van der Waals surface area contributed by atoms with E-state index in [2.05, 4.69) is 21.2 Å². The number of carbonyl (C=O) groups is 2. The van der Waals surface area contributed by atoms with Gasteiger partial charge in [-0.2, -0.15) is 0 Å². The molecule has 1 aliphatic rings. The smallest absolute Gasteiger partial charge is 0.332 e. The summed E-state index contributed by atoms with van der Waals surface area (Å²) in [5.41, 5.74) is 0.412. The van der Waals surface area contributed by atoms with Crippen LogP contribution in [0, 0.1) is 0 Å². The van der Waals surface area contributed by atoms with Crippen LogP contribution < -0.4 is 5.32 Å². The summed E-state index contributed by atoms with van der Waals surface area (Å²) < 4.78 is 6.24. The van der Waals surface area contributed by atoms with Crippen LogP contribution in [0.1, 0.15) is 32.3 Å². The molecule has 0 aromatic heterocycles. The van der Waals surface area contributed by atoms with Gasteiger partial charge in [-0.05, 0) is 44.4 Å². The Morgan fingerprint density at radius 3 is 2.33 bits per heavy atom. The molecule has 21 heavy (non-hydrogen) atoms. The van der Waals surface area contributed by atoms with Gasteiger partial charge >= 0.3 is 5.97 Å². The standard InChI is InChI=1S/C15H18BrNO4/c1-15(2,9-3-5-10(16)6-4-9)17-13(18)11-7-8-12(21-11)14(19)20/h3-6,11-12H,7-8H2,1-2H3,(H,17,18)(H,19,20). The number of rotatable bonds is 4. The molecule has 0 radical (unpaired) electrons. The summed E-state index contributed by atoms with van der Waals surface area (Å²) >= 11 is 3.37. The van der Waals surface area contributed by atoms with Gasteiger partial charge in [-0.15, -0.1) is 0 Å². The van der Waals surface area contributed by atoms with E-state index in [1.54, 1.807) is 0 Å². The van der Waals surface area contributed by atoms with Gasteiger partial charge in [-0.1, -0.05) is 28.1 Å². The van der Waals surface area contributed by atoms with Crippen LogP contribution in [-0.4, -0.2) is 29.2 Å². The number of halogens is 1. The number of ether oxygens (including phenoxy) is 1. The summed E-state index contributed by atoms with van der Waals surface area (Å²) in [4.78, 5) is 23.1. The number of nitrogens with one attached hydrogen (secondary N) is 1. The molecule has 5 nitrogen and oxygen atoms in total. The summed E-state index contributed by atoms with van der Waals surface area (Å²) in [5, 5.41) is 11.8. The topological polar surface area (TPSA) is 75.6 Å². The lowest BCUT2D eigenvalue weighted by molar-refractivity contribution is -0.152. The highest BCUT2D eigenvalue weighted by molar-refractivity contribution is 9.10. The lowest BCUT2D eigenvalue weighted by atomic mass is 9.94. The number of hydrogen-bond donors (Lipinski definition) is 2. The van der Waals surface area contributed by atoms with Gasteiger partial charge in [0.25, 0.3) is 0 Å². The summed E-state index contributed by atoms with van der Waals surface area (Å²) in [6.45, 7) is 3.80. The molecule has 0 saturated carbocycles. The third-order valence-electron chi connectivity index (χ3n) is 3.59. The molecular formula is C15H18BrNO4. The van der Waals surface area contributed by atoms with Gasteiger partial charge in [0.1, 0.15) is 6.10 Å². The number of aliphatic carboxylic acids is 1. The highest BCUT2D eigenvalue weighted by Crippen LogP contribution is 2.25. The van der Waals surface area contributed by atoms with Crippen LogP contribution >= 0.6 is 15.9 Å². The number of carbonyl (C=O) groups excluding carboxylic acids is 1. The van der Waals surface area contributed by atoms with Gasteiger partial charge in [-0.25, -0.2) is 4.79 Å². The molecule has 2 rings (SSSR count). The molecule has 0 spiro atoms. The van der Waals surface area contributed by atoms with E-state index in [1.807, 2.05) is 38.1 Å². The molecule has 1 aliphatic heterocycles. The van der Waals surface area contributed by atoms with Crippen molar-refractivity contribution in [2.24, 2.45) is 0 Å². The molecule has 2 unspecified atom stereocenters. The summed E-state index contributed by atoms with van der Waals surface area (Å²) in [6.07, 6.45) is -0.775. The molecule has 2 N–H and O–H groups in total. The number of benzene rings is 1. The maximum Gasteiger partial charge on any atom is 0.332 e. The minimum Gasteiger partial charge on any atom is -0.479 e. The highest BCUT2D eigenvalue weighted by Gasteiger charge is 2.36. The maximum absolute atomic E-state index is 12.2. The monoisotopic (exact) mass is 355 g/mol. The quantitative estimate of drug-likeness (QED) is 0.869. The van der Waals surface area contributed by atoms with Crippen LogP contribution in [0.4, 0.5) is 0 Å². The Hall–Kier alpha value is -1.40. The van der Waals surface area contributed by atoms with Crippen molar-refractivity contribution in [2.75, 3.05) is 0 Å². The molecule has 1 aromatic carbocycles. The molecule has 1 aromatic rings. The molecule has 0 aliphatic carbocycles. The van der Waals surface area contributed by atoms with E-state index in [1.165, 1.54) is 0 Å². The van der Waals surface area contributed by atoms with Crippen LogP contribution in [-0.2, 0) is 19.9 Å². The average molecular weight is 356 g/mol. The summed E-state index contributed by atoms with van der Waals surface area (Å²) in [7, 11) is 0. The second kappa shape index (κ2) is 6.15. The van der Waals surface area contributed by atoms with Crippen molar-refractivity contribution >= 4 is 27.8 Å². The normalized spacial score (nSPS) is 22.0. The van der Waals surface area contributed by atoms with E-state index < -0.39 is 23.7 Å². The third-order valence-corrected chi connectivity index (χ3v) is 4.12. The Labute approximate surface area is 131 Å². The zero-order valence-corrected chi connectivity index (χ0v) is 13.5. The van der Waals surface area contributed by atoms with Crippen molar-refractivity contribution < 1.29 is 19.4 Å². The van der Waals surface area contributed by atoms with Crippen LogP contribution in [0.15, 0.2) is 28.7 Å². The van der Waals surface area contributed by atoms with Crippen molar-refractivity contribution in [1.82, 2.24) is 5.32 Å². The summed E-state index contributed by atoms with van der Waals surface area (Å²) in [6, 6.07) is 7.69. The van der Waals surface area contributed by atoms with Crippen LogP contribution in [0.25, 0.3) is 0 Å². The lowest BCUT2D eigenvalue weighted by Gasteiger charge is -2.28. The Kier molecular flexibility index (Phi) is 4.68. The van der Waals surface area contributed by atoms with Gasteiger partial charge in [-0.3, -0.25) is 4.79 Å². The molecule has 1 amide bonds. The highest BCUT2D eigenvalue weighted by atomic mass is 79.9. The Morgan fingerprint density at radius 1 is 1.24 bits per heavy atom. The van der Waals surface area contributed by atoms with Crippen LogP contribution in [0.2, 0.25) is 0 Å². The SMILES string of the molecule is CC(C)(NC(=O)C1CCC(C(=O)O)O1)c1ccc(Br)cc1. The van der Waals surface area contributed by atoms with Crippen molar-refractivity contribution in [3.63, 3.8) is 0 Å². The van der Waals surface area contributed by atoms with Crippen LogP contribution in [0.5, 0.6) is 0 Å². The van der Waals surface area contributed by atoms with E-state index in [0.717, 1.165) is 10.0 Å². The fourth-order valence-corrected chi connectivity index (χ4v) is 2.60. The van der Waals surface area contributed by atoms with Crippen molar-refractivity contribution in [3.05, 3.63) is 34.3 Å². The fourth-order valence-electron chi connectivity index (χ4n) is 2.34. The first-order valence-corrected chi connectivity index (χ1v) is 7.55. The number of carboxylic acids is 1. The number of carboxylic acid groups (broad SMARTS) is 1. The van der Waals surface area contributed by atoms with E-state index in [9.17, 15) is 9.59 Å². The molecule has 1 saturated heterocycles. The van der Waals surface area contributed by atoms with Gasteiger partial charge < -0.3 is 15.2 Å². The molecular weight excluding hydrogens is 338 g/mol. The second-order valence-corrected chi connectivity index (χ2v) is 6.57. The van der Waals surface area contributed by atoms with Gasteiger partial charge in [0.2, 0.25) is 5.91 Å². The molecule has 1 heterocycles. The molecule has 114 valence electrons. The molecule has 6 heteroatoms. The van der Waals surface area contributed by atoms with Crippen molar-refractivity contribution in [1.29, 1.82) is 0 Å². The molecule has 1 fully saturated rings. The van der Waals surface area contributed by atoms with Gasteiger partial charge in [0.15, 0.2) is 6.10 Å². The van der Waals surface area contributed by atoms with E-state index >= 15 is 0 Å². The first kappa shape index (κ1) is 16.0. The Bertz CT molecular complexity index is 541. The molecule has 0 bridgehead atoms. The van der Waals surface area contributed by atoms with Crippen molar-refractivity contribution in [2.45, 2.75) is 44.4 Å². The fraction of sp³-hybridized carbons (Fsp3) is 0.467. The zero-order valence-electron chi connectivity index (χ0n) is 11.9. The molecule has 2 atom stereocenters. The average Bonchev–Trinajstić information content (AvgIpc) is 2.88. The van der Waals surface area contributed by atoms with Crippen molar-refractivity contribution in [3.8, 4) is 0 Å². The number of amides is 1. The Morgan fingerprint density at radius 2 is 1.81 bits per heavy atom. The third kappa shape index (κ3) is 3.83. The second-order valence-electron chi connectivity index (χ2n) is 5.65. The minimum atomic E-state index is -1.02. The van der Waals surface area contributed by atoms with E-state index in [-0.39, 0.29) is 5.91 Å². The largest absolute Gasteiger partial charge is 0.479 e. The van der Waals surface area contributed by atoms with E-state index in [4.69, 9.17) is 9.84 Å². The Balaban J connectivity index is 2.01. The van der Waals surface area contributed by atoms with E-state index in [0.29, 0.717) is 12.8 Å². The first-order chi connectivity index (χ1) is 9.79. The summed E-state index contributed by atoms with van der Waals surface area (Å²) in [5.74, 6) is -1.29. The lowest BCUT2D eigenvalue weighted by Crippen LogP contribution is -2.46. The predicted molar refractivity (Wildman–Crippen MR) is 80.8 cm³/mol. The van der Waals surface area contributed by atoms with Crippen LogP contribution in [0.3, 0.4) is 0 Å². The van der Waals surface area contributed by atoms with Gasteiger partial charge in [0, 0.05) is 4.47 Å².